The SMILES string of the molecule is CSc1nc2cc(C)n(CC(=O)Nc3ccc(C(C)C)cc3)c2c(=O)n1CC(C)C. The third-order valence-corrected chi connectivity index (χ3v) is 5.75. The van der Waals surface area contributed by atoms with Gasteiger partial charge in [-0.3, -0.25) is 14.2 Å². The number of fused-ring (bicyclic) bond motifs is 1. The molecule has 0 aliphatic carbocycles. The average molecular weight is 427 g/mol. The summed E-state index contributed by atoms with van der Waals surface area (Å²) in [6.45, 7) is 11.0. The number of benzene rings is 1. The molecule has 1 N–H and O–H groups in total. The van der Waals surface area contributed by atoms with Gasteiger partial charge in [0.15, 0.2) is 5.16 Å². The molecule has 0 spiro atoms. The molecule has 2 aromatic heterocycles. The van der Waals surface area contributed by atoms with Gasteiger partial charge in [0.2, 0.25) is 5.91 Å². The molecular weight excluding hydrogens is 396 g/mol. The molecule has 3 aromatic rings. The fraction of sp³-hybridized carbons (Fsp3) is 0.435. The predicted octanol–water partition coefficient (Wildman–Crippen LogP) is 4.65. The molecule has 1 aromatic carbocycles. The zero-order chi connectivity index (χ0) is 22.0. The zero-order valence-electron chi connectivity index (χ0n) is 18.5. The van der Waals surface area contributed by atoms with Crippen molar-refractivity contribution in [3.63, 3.8) is 0 Å². The Bertz CT molecular complexity index is 1110. The Morgan fingerprint density at radius 3 is 2.37 bits per heavy atom. The van der Waals surface area contributed by atoms with Crippen LogP contribution in [-0.2, 0) is 17.9 Å². The van der Waals surface area contributed by atoms with Crippen molar-refractivity contribution < 1.29 is 4.79 Å². The highest BCUT2D eigenvalue weighted by Gasteiger charge is 2.18. The molecule has 160 valence electrons. The van der Waals surface area contributed by atoms with Crippen molar-refractivity contribution in [3.8, 4) is 0 Å². The molecular formula is C23H30N4O2S. The highest BCUT2D eigenvalue weighted by Crippen LogP contribution is 2.21. The number of rotatable bonds is 7. The number of aromatic nitrogens is 3. The Morgan fingerprint density at radius 2 is 1.80 bits per heavy atom. The van der Waals surface area contributed by atoms with Crippen molar-refractivity contribution in [3.05, 3.63) is 51.9 Å². The van der Waals surface area contributed by atoms with E-state index in [4.69, 9.17) is 0 Å². The Morgan fingerprint density at radius 1 is 1.13 bits per heavy atom. The largest absolute Gasteiger partial charge is 0.330 e. The fourth-order valence-corrected chi connectivity index (χ4v) is 4.10. The predicted molar refractivity (Wildman–Crippen MR) is 125 cm³/mol. The molecule has 6 nitrogen and oxygen atoms in total. The number of amides is 1. The van der Waals surface area contributed by atoms with Gasteiger partial charge >= 0.3 is 0 Å². The molecule has 0 aliphatic heterocycles. The van der Waals surface area contributed by atoms with Crippen LogP contribution in [0.2, 0.25) is 0 Å². The van der Waals surface area contributed by atoms with Crippen LogP contribution in [0.5, 0.6) is 0 Å². The van der Waals surface area contributed by atoms with E-state index in [0.29, 0.717) is 34.6 Å². The number of aryl methyl sites for hydroxylation is 1. The van der Waals surface area contributed by atoms with Gasteiger partial charge in [-0.05, 0) is 48.8 Å². The monoisotopic (exact) mass is 426 g/mol. The van der Waals surface area contributed by atoms with Crippen LogP contribution in [0.15, 0.2) is 40.3 Å². The maximum atomic E-state index is 13.3. The van der Waals surface area contributed by atoms with E-state index in [2.05, 4.69) is 38.0 Å². The molecule has 0 fully saturated rings. The summed E-state index contributed by atoms with van der Waals surface area (Å²) in [4.78, 5) is 30.7. The fourth-order valence-electron chi connectivity index (χ4n) is 3.53. The maximum absolute atomic E-state index is 13.3. The van der Waals surface area contributed by atoms with Gasteiger partial charge in [0.1, 0.15) is 12.1 Å². The number of nitrogens with one attached hydrogen (secondary N) is 1. The number of hydrogen-bond acceptors (Lipinski definition) is 4. The van der Waals surface area contributed by atoms with Gasteiger partial charge in [0.25, 0.3) is 5.56 Å². The Hall–Kier alpha value is -2.54. The summed E-state index contributed by atoms with van der Waals surface area (Å²) < 4.78 is 3.49. The first-order chi connectivity index (χ1) is 14.2. The Labute approximate surface area is 181 Å². The minimum atomic E-state index is -0.170. The first-order valence-corrected chi connectivity index (χ1v) is 11.5. The lowest BCUT2D eigenvalue weighted by Gasteiger charge is -2.14. The van der Waals surface area contributed by atoms with Crippen LogP contribution in [-0.4, -0.2) is 26.3 Å². The van der Waals surface area contributed by atoms with E-state index in [-0.39, 0.29) is 18.0 Å². The van der Waals surface area contributed by atoms with E-state index in [0.717, 1.165) is 11.4 Å². The standard InChI is InChI=1S/C23H30N4O2S/c1-14(2)12-27-22(29)21-19(25-23(27)30-6)11-16(5)26(21)13-20(28)24-18-9-7-17(8-10-18)15(3)4/h7-11,14-15H,12-13H2,1-6H3,(H,24,28). The van der Waals surface area contributed by atoms with Crippen LogP contribution < -0.4 is 10.9 Å². The van der Waals surface area contributed by atoms with Gasteiger partial charge in [0.05, 0.1) is 5.52 Å². The van der Waals surface area contributed by atoms with E-state index in [1.54, 1.807) is 9.13 Å². The minimum Gasteiger partial charge on any atom is -0.330 e. The number of carbonyl (C=O) groups is 1. The van der Waals surface area contributed by atoms with Gasteiger partial charge in [-0.2, -0.15) is 0 Å². The number of hydrogen-bond donors (Lipinski definition) is 1. The van der Waals surface area contributed by atoms with Crippen LogP contribution >= 0.6 is 11.8 Å². The van der Waals surface area contributed by atoms with Gasteiger partial charge in [-0.1, -0.05) is 51.6 Å². The second-order valence-corrected chi connectivity index (χ2v) is 9.11. The van der Waals surface area contributed by atoms with E-state index in [1.807, 2.05) is 43.5 Å². The Balaban J connectivity index is 1.92. The summed E-state index contributed by atoms with van der Waals surface area (Å²) >= 11 is 1.46. The summed E-state index contributed by atoms with van der Waals surface area (Å²) in [5.74, 6) is 0.585. The molecule has 0 bridgehead atoms. The second kappa shape index (κ2) is 9.08. The molecule has 0 saturated carbocycles. The maximum Gasteiger partial charge on any atom is 0.278 e. The van der Waals surface area contributed by atoms with Crippen molar-refractivity contribution in [1.29, 1.82) is 0 Å². The third-order valence-electron chi connectivity index (χ3n) is 5.07. The number of nitrogens with zero attached hydrogens (tertiary/aromatic N) is 3. The highest BCUT2D eigenvalue weighted by atomic mass is 32.2. The van der Waals surface area contributed by atoms with Crippen LogP contribution in [0.1, 0.15) is 44.9 Å². The van der Waals surface area contributed by atoms with E-state index in [9.17, 15) is 9.59 Å². The number of carbonyl (C=O) groups excluding carboxylic acids is 1. The molecule has 3 rings (SSSR count). The normalized spacial score (nSPS) is 11.6. The van der Waals surface area contributed by atoms with Crippen molar-refractivity contribution in [2.24, 2.45) is 5.92 Å². The van der Waals surface area contributed by atoms with Crippen molar-refractivity contribution in [1.82, 2.24) is 14.1 Å². The molecule has 0 saturated heterocycles. The summed E-state index contributed by atoms with van der Waals surface area (Å²) in [7, 11) is 0. The number of thioether (sulfide) groups is 1. The van der Waals surface area contributed by atoms with Gasteiger partial charge in [0, 0.05) is 17.9 Å². The third kappa shape index (κ3) is 4.61. The second-order valence-electron chi connectivity index (χ2n) is 8.34. The van der Waals surface area contributed by atoms with Crippen molar-refractivity contribution in [2.75, 3.05) is 11.6 Å². The smallest absolute Gasteiger partial charge is 0.278 e. The molecule has 30 heavy (non-hydrogen) atoms. The molecule has 0 aliphatic rings. The minimum absolute atomic E-state index is 0.0679. The Kier molecular flexibility index (Phi) is 6.71. The van der Waals surface area contributed by atoms with Gasteiger partial charge in [-0.15, -0.1) is 0 Å². The van der Waals surface area contributed by atoms with Gasteiger partial charge < -0.3 is 9.88 Å². The van der Waals surface area contributed by atoms with Crippen molar-refractivity contribution in [2.45, 2.75) is 58.8 Å². The summed E-state index contributed by atoms with van der Waals surface area (Å²) in [5, 5.41) is 3.64. The quantitative estimate of drug-likeness (QED) is 0.441. The number of anilines is 1. The molecule has 0 radical (unpaired) electrons. The van der Waals surface area contributed by atoms with E-state index in [1.165, 1.54) is 17.3 Å². The average Bonchev–Trinajstić information content (AvgIpc) is 2.99. The summed E-state index contributed by atoms with van der Waals surface area (Å²) in [5.41, 5.74) is 3.84. The van der Waals surface area contributed by atoms with Crippen molar-refractivity contribution >= 4 is 34.4 Å². The lowest BCUT2D eigenvalue weighted by atomic mass is 10.0. The molecule has 0 atom stereocenters. The molecule has 7 heteroatoms. The highest BCUT2D eigenvalue weighted by molar-refractivity contribution is 7.98. The van der Waals surface area contributed by atoms with Gasteiger partial charge in [-0.25, -0.2) is 4.98 Å². The van der Waals surface area contributed by atoms with Crippen LogP contribution in [0.3, 0.4) is 0 Å². The van der Waals surface area contributed by atoms with Crippen LogP contribution in [0.25, 0.3) is 11.0 Å². The first-order valence-electron chi connectivity index (χ1n) is 10.3. The summed E-state index contributed by atoms with van der Waals surface area (Å²) in [6, 6.07) is 9.75. The first kappa shape index (κ1) is 22.2. The molecule has 0 unspecified atom stereocenters. The lowest BCUT2D eigenvalue weighted by Crippen LogP contribution is -2.28. The van der Waals surface area contributed by atoms with Crippen LogP contribution in [0.4, 0.5) is 5.69 Å². The molecule has 2 heterocycles. The zero-order valence-corrected chi connectivity index (χ0v) is 19.3. The lowest BCUT2D eigenvalue weighted by molar-refractivity contribution is -0.116. The molecule has 1 amide bonds. The van der Waals surface area contributed by atoms with E-state index >= 15 is 0 Å². The van der Waals surface area contributed by atoms with E-state index < -0.39 is 0 Å². The van der Waals surface area contributed by atoms with Crippen LogP contribution in [0, 0.1) is 12.8 Å². The topological polar surface area (TPSA) is 68.9 Å². The summed E-state index contributed by atoms with van der Waals surface area (Å²) in [6.07, 6.45) is 1.92.